The van der Waals surface area contributed by atoms with Crippen LogP contribution >= 0.6 is 11.6 Å². The highest BCUT2D eigenvalue weighted by molar-refractivity contribution is 6.30. The summed E-state index contributed by atoms with van der Waals surface area (Å²) in [5.41, 5.74) is 1.04. The van der Waals surface area contributed by atoms with Crippen molar-refractivity contribution in [1.82, 2.24) is 10.6 Å². The number of rotatable bonds is 6. The maximum absolute atomic E-state index is 12.1. The second-order valence-electron chi connectivity index (χ2n) is 5.89. The molecule has 1 aliphatic heterocycles. The lowest BCUT2D eigenvalue weighted by molar-refractivity contribution is -0.123. The van der Waals surface area contributed by atoms with E-state index in [9.17, 15) is 4.79 Å². The van der Waals surface area contributed by atoms with Crippen LogP contribution in [0, 0.1) is 5.92 Å². The fraction of sp³-hybridized carbons (Fsp3) is 0.562. The van der Waals surface area contributed by atoms with E-state index < -0.39 is 0 Å². The topological polar surface area (TPSA) is 50.4 Å². The van der Waals surface area contributed by atoms with Gasteiger partial charge in [-0.25, -0.2) is 0 Å². The van der Waals surface area contributed by atoms with Crippen LogP contribution in [0.2, 0.25) is 5.02 Å². The van der Waals surface area contributed by atoms with Crippen molar-refractivity contribution >= 4 is 17.5 Å². The molecule has 5 heteroatoms. The summed E-state index contributed by atoms with van der Waals surface area (Å²) in [7, 11) is 0. The van der Waals surface area contributed by atoms with Gasteiger partial charge in [-0.15, -0.1) is 0 Å². The average Bonchev–Trinajstić information content (AvgIpc) is 2.93. The molecule has 2 N–H and O–H groups in total. The van der Waals surface area contributed by atoms with Gasteiger partial charge in [-0.1, -0.05) is 37.6 Å². The molecule has 0 aromatic heterocycles. The van der Waals surface area contributed by atoms with Gasteiger partial charge < -0.3 is 15.4 Å². The van der Waals surface area contributed by atoms with Gasteiger partial charge in [-0.3, -0.25) is 4.79 Å². The number of nitrogens with one attached hydrogen (secondary N) is 2. The highest BCUT2D eigenvalue weighted by Crippen LogP contribution is 2.13. The van der Waals surface area contributed by atoms with E-state index in [1.54, 1.807) is 0 Å². The van der Waals surface area contributed by atoms with Crippen molar-refractivity contribution in [2.45, 2.75) is 39.0 Å². The van der Waals surface area contributed by atoms with E-state index in [2.05, 4.69) is 24.5 Å². The van der Waals surface area contributed by atoms with Crippen molar-refractivity contribution < 1.29 is 9.53 Å². The zero-order valence-corrected chi connectivity index (χ0v) is 13.3. The highest BCUT2D eigenvalue weighted by atomic mass is 35.5. The number of hydrogen-bond acceptors (Lipinski definition) is 3. The van der Waals surface area contributed by atoms with E-state index in [1.807, 2.05) is 24.3 Å². The summed E-state index contributed by atoms with van der Waals surface area (Å²) < 4.78 is 5.76. The number of benzene rings is 1. The molecular formula is C16H23ClN2O2. The summed E-state index contributed by atoms with van der Waals surface area (Å²) in [5.74, 6) is 0.545. The summed E-state index contributed by atoms with van der Waals surface area (Å²) in [6.07, 6.45) is 0.873. The summed E-state index contributed by atoms with van der Waals surface area (Å²) >= 11 is 5.83. The van der Waals surface area contributed by atoms with Crippen LogP contribution in [-0.4, -0.2) is 31.2 Å². The molecule has 1 heterocycles. The summed E-state index contributed by atoms with van der Waals surface area (Å²) in [4.78, 5) is 12.1. The molecule has 0 aliphatic carbocycles. The van der Waals surface area contributed by atoms with Gasteiger partial charge in [-0.05, 0) is 30.0 Å². The van der Waals surface area contributed by atoms with Gasteiger partial charge in [0.2, 0.25) is 5.91 Å². The van der Waals surface area contributed by atoms with Gasteiger partial charge in [0.25, 0.3) is 0 Å². The minimum Gasteiger partial charge on any atom is -0.377 e. The Bertz CT molecular complexity index is 462. The van der Waals surface area contributed by atoms with Crippen molar-refractivity contribution in [3.05, 3.63) is 34.9 Å². The lowest BCUT2D eigenvalue weighted by Gasteiger charge is -2.13. The Morgan fingerprint density at radius 1 is 1.43 bits per heavy atom. The molecule has 2 atom stereocenters. The summed E-state index contributed by atoms with van der Waals surface area (Å²) in [6, 6.07) is 7.33. The van der Waals surface area contributed by atoms with Crippen LogP contribution in [0.3, 0.4) is 0 Å². The first-order valence-corrected chi connectivity index (χ1v) is 7.79. The predicted octanol–water partition coefficient (Wildman–Crippen LogP) is 2.36. The third kappa shape index (κ3) is 5.30. The minimum absolute atomic E-state index is 0.0283. The van der Waals surface area contributed by atoms with Crippen LogP contribution in [-0.2, 0) is 16.1 Å². The predicted molar refractivity (Wildman–Crippen MR) is 84.3 cm³/mol. The van der Waals surface area contributed by atoms with E-state index in [0.29, 0.717) is 17.5 Å². The normalized spacial score (nSPS) is 21.7. The molecule has 1 aromatic carbocycles. The number of carbonyl (C=O) groups is 1. The van der Waals surface area contributed by atoms with Crippen LogP contribution in [0.5, 0.6) is 0 Å². The van der Waals surface area contributed by atoms with E-state index in [1.165, 1.54) is 0 Å². The number of halogens is 1. The molecule has 2 unspecified atom stereocenters. The molecule has 1 saturated heterocycles. The fourth-order valence-corrected chi connectivity index (χ4v) is 2.40. The van der Waals surface area contributed by atoms with Crippen LogP contribution in [0.4, 0.5) is 0 Å². The highest BCUT2D eigenvalue weighted by Gasteiger charge is 2.29. The van der Waals surface area contributed by atoms with Gasteiger partial charge in [-0.2, -0.15) is 0 Å². The van der Waals surface area contributed by atoms with Crippen LogP contribution in [0.25, 0.3) is 0 Å². The first-order chi connectivity index (χ1) is 10.0. The zero-order valence-electron chi connectivity index (χ0n) is 12.6. The van der Waals surface area contributed by atoms with Gasteiger partial charge in [0.15, 0.2) is 0 Å². The van der Waals surface area contributed by atoms with E-state index in [4.69, 9.17) is 16.3 Å². The quantitative estimate of drug-likeness (QED) is 0.848. The molecule has 4 nitrogen and oxygen atoms in total. The van der Waals surface area contributed by atoms with Crippen LogP contribution in [0.1, 0.15) is 25.8 Å². The largest absolute Gasteiger partial charge is 0.377 e. The average molecular weight is 311 g/mol. The minimum atomic E-state index is -0.158. The fourth-order valence-electron chi connectivity index (χ4n) is 2.27. The Kier molecular flexibility index (Phi) is 6.03. The number of carbonyl (C=O) groups excluding carboxylic acids is 1. The maximum Gasteiger partial charge on any atom is 0.237 e. The molecule has 21 heavy (non-hydrogen) atoms. The van der Waals surface area contributed by atoms with Crippen molar-refractivity contribution in [2.24, 2.45) is 5.92 Å². The summed E-state index contributed by atoms with van der Waals surface area (Å²) in [6.45, 7) is 6.25. The lowest BCUT2D eigenvalue weighted by atomic mass is 10.1. The van der Waals surface area contributed by atoms with Crippen molar-refractivity contribution in [2.75, 3.05) is 13.2 Å². The Labute approximate surface area is 131 Å². The van der Waals surface area contributed by atoms with E-state index in [-0.39, 0.29) is 18.1 Å². The number of ether oxygens (including phenoxy) is 1. The molecule has 2 rings (SSSR count). The van der Waals surface area contributed by atoms with Gasteiger partial charge in [0.05, 0.1) is 12.1 Å². The van der Waals surface area contributed by atoms with Crippen LogP contribution in [0.15, 0.2) is 24.3 Å². The molecule has 1 aliphatic rings. The SMILES string of the molecule is CC(C)COC1CNC(C(=O)NCc2ccc(Cl)cc2)C1. The Balaban J connectivity index is 1.73. The zero-order chi connectivity index (χ0) is 15.2. The molecule has 0 bridgehead atoms. The van der Waals surface area contributed by atoms with E-state index in [0.717, 1.165) is 25.1 Å². The maximum atomic E-state index is 12.1. The Hall–Kier alpha value is -1.10. The smallest absolute Gasteiger partial charge is 0.237 e. The molecule has 1 aromatic rings. The first-order valence-electron chi connectivity index (χ1n) is 7.41. The third-order valence-corrected chi connectivity index (χ3v) is 3.70. The van der Waals surface area contributed by atoms with Crippen molar-refractivity contribution in [3.63, 3.8) is 0 Å². The monoisotopic (exact) mass is 310 g/mol. The molecular weight excluding hydrogens is 288 g/mol. The molecule has 0 saturated carbocycles. The number of hydrogen-bond donors (Lipinski definition) is 2. The Morgan fingerprint density at radius 3 is 2.81 bits per heavy atom. The Morgan fingerprint density at radius 2 is 2.14 bits per heavy atom. The second-order valence-corrected chi connectivity index (χ2v) is 6.33. The molecule has 0 spiro atoms. The van der Waals surface area contributed by atoms with Crippen LogP contribution < -0.4 is 10.6 Å². The second kappa shape index (κ2) is 7.78. The molecule has 1 fully saturated rings. The standard InChI is InChI=1S/C16H23ClN2O2/c1-11(2)10-21-14-7-15(18-9-14)16(20)19-8-12-3-5-13(17)6-4-12/h3-6,11,14-15,18H,7-10H2,1-2H3,(H,19,20). The van der Waals surface area contributed by atoms with Gasteiger partial charge in [0.1, 0.15) is 0 Å². The van der Waals surface area contributed by atoms with Gasteiger partial charge >= 0.3 is 0 Å². The van der Waals surface area contributed by atoms with Gasteiger partial charge in [0, 0.05) is 24.7 Å². The van der Waals surface area contributed by atoms with Crippen molar-refractivity contribution in [1.29, 1.82) is 0 Å². The molecule has 0 radical (unpaired) electrons. The van der Waals surface area contributed by atoms with Crippen molar-refractivity contribution in [3.8, 4) is 0 Å². The third-order valence-electron chi connectivity index (χ3n) is 3.45. The molecule has 116 valence electrons. The summed E-state index contributed by atoms with van der Waals surface area (Å²) in [5, 5.41) is 6.86. The van der Waals surface area contributed by atoms with E-state index >= 15 is 0 Å². The molecule has 1 amide bonds. The first kappa shape index (κ1) is 16.3. The lowest BCUT2D eigenvalue weighted by Crippen LogP contribution is -2.39. The number of amides is 1.